The van der Waals surface area contributed by atoms with Crippen LogP contribution in [0.2, 0.25) is 0 Å². The molecular formula is C23H24N2O5. The molecule has 3 aromatic rings. The number of hydrogen-bond acceptors (Lipinski definition) is 6. The number of benzene rings is 2. The van der Waals surface area contributed by atoms with E-state index in [4.69, 9.17) is 14.2 Å². The lowest BCUT2D eigenvalue weighted by molar-refractivity contribution is 0.0549. The number of carbonyl (C=O) groups is 2. The minimum absolute atomic E-state index is 0.00564. The minimum atomic E-state index is -0.692. The van der Waals surface area contributed by atoms with Gasteiger partial charge in [0.25, 0.3) is 0 Å². The van der Waals surface area contributed by atoms with Crippen molar-refractivity contribution in [3.63, 3.8) is 0 Å². The summed E-state index contributed by atoms with van der Waals surface area (Å²) >= 11 is 0. The van der Waals surface area contributed by atoms with E-state index in [1.54, 1.807) is 18.2 Å². The first-order valence-electron chi connectivity index (χ1n) is 9.69. The lowest BCUT2D eigenvalue weighted by Crippen LogP contribution is -2.15. The van der Waals surface area contributed by atoms with Gasteiger partial charge in [-0.15, -0.1) is 0 Å². The van der Waals surface area contributed by atoms with Crippen LogP contribution in [0, 0.1) is 0 Å². The van der Waals surface area contributed by atoms with Crippen LogP contribution in [-0.4, -0.2) is 42.5 Å². The highest BCUT2D eigenvalue weighted by molar-refractivity contribution is 6.07. The third-order valence-electron chi connectivity index (χ3n) is 4.55. The first kappa shape index (κ1) is 21.1. The van der Waals surface area contributed by atoms with Gasteiger partial charge in [0, 0.05) is 5.56 Å². The fraction of sp³-hybridized carbons (Fsp3) is 0.261. The van der Waals surface area contributed by atoms with Crippen LogP contribution in [0.4, 0.5) is 0 Å². The van der Waals surface area contributed by atoms with Gasteiger partial charge >= 0.3 is 11.9 Å². The third-order valence-corrected chi connectivity index (χ3v) is 4.55. The number of nitrogens with zero attached hydrogens (tertiary/aromatic N) is 2. The maximum atomic E-state index is 12.7. The number of para-hydroxylation sites is 2. The van der Waals surface area contributed by atoms with Crippen molar-refractivity contribution in [1.82, 2.24) is 9.78 Å². The molecule has 1 aromatic heterocycles. The Bertz CT molecular complexity index is 1030. The van der Waals surface area contributed by atoms with Crippen LogP contribution in [0.3, 0.4) is 0 Å². The van der Waals surface area contributed by atoms with E-state index in [0.29, 0.717) is 29.3 Å². The molecule has 0 atom stereocenters. The van der Waals surface area contributed by atoms with Crippen LogP contribution in [0.1, 0.15) is 40.6 Å². The van der Waals surface area contributed by atoms with Crippen molar-refractivity contribution in [2.24, 2.45) is 0 Å². The van der Waals surface area contributed by atoms with Crippen molar-refractivity contribution in [3.8, 4) is 22.7 Å². The predicted molar refractivity (Wildman–Crippen MR) is 112 cm³/mol. The first-order valence-corrected chi connectivity index (χ1v) is 9.69. The molecule has 0 aliphatic rings. The van der Waals surface area contributed by atoms with E-state index in [0.717, 1.165) is 12.8 Å². The zero-order chi connectivity index (χ0) is 21.5. The van der Waals surface area contributed by atoms with Gasteiger partial charge in [0.05, 0.1) is 26.5 Å². The van der Waals surface area contributed by atoms with Crippen LogP contribution in [0.5, 0.6) is 5.75 Å². The Kier molecular flexibility index (Phi) is 6.85. The quantitative estimate of drug-likeness (QED) is 0.409. The molecule has 0 saturated heterocycles. The van der Waals surface area contributed by atoms with E-state index in [-0.39, 0.29) is 11.3 Å². The van der Waals surface area contributed by atoms with Crippen LogP contribution in [0.15, 0.2) is 54.6 Å². The highest BCUT2D eigenvalue weighted by atomic mass is 16.5. The highest BCUT2D eigenvalue weighted by Gasteiger charge is 2.32. The van der Waals surface area contributed by atoms with Crippen molar-refractivity contribution in [2.75, 3.05) is 20.8 Å². The lowest BCUT2D eigenvalue weighted by Gasteiger charge is -2.10. The standard InChI is InChI=1S/C23H24N2O5/c1-4-5-15-30-18-14-10-9-13-17(18)20-19(22(26)28-2)21(23(27)29-3)25(24-20)16-11-7-6-8-12-16/h6-14H,4-5,15H2,1-3H3. The van der Waals surface area contributed by atoms with Gasteiger partial charge in [-0.25, -0.2) is 14.3 Å². The molecule has 0 aliphatic heterocycles. The normalized spacial score (nSPS) is 10.5. The van der Waals surface area contributed by atoms with Crippen molar-refractivity contribution in [2.45, 2.75) is 19.8 Å². The lowest BCUT2D eigenvalue weighted by atomic mass is 10.0. The Balaban J connectivity index is 2.27. The van der Waals surface area contributed by atoms with Gasteiger partial charge in [-0.3, -0.25) is 0 Å². The van der Waals surface area contributed by atoms with Gasteiger partial charge in [-0.1, -0.05) is 43.7 Å². The number of ether oxygens (including phenoxy) is 3. The highest BCUT2D eigenvalue weighted by Crippen LogP contribution is 2.35. The second-order valence-corrected chi connectivity index (χ2v) is 6.50. The van der Waals surface area contributed by atoms with Crippen LogP contribution >= 0.6 is 0 Å². The average molecular weight is 408 g/mol. The molecular weight excluding hydrogens is 384 g/mol. The van der Waals surface area contributed by atoms with Gasteiger partial charge in [0.15, 0.2) is 5.69 Å². The molecule has 1 heterocycles. The maximum Gasteiger partial charge on any atom is 0.357 e. The van der Waals surface area contributed by atoms with Gasteiger partial charge in [0.2, 0.25) is 0 Å². The van der Waals surface area contributed by atoms with Crippen LogP contribution < -0.4 is 4.74 Å². The molecule has 7 heteroatoms. The van der Waals surface area contributed by atoms with Gasteiger partial charge in [-0.2, -0.15) is 5.10 Å². The Morgan fingerprint density at radius 2 is 1.60 bits per heavy atom. The second-order valence-electron chi connectivity index (χ2n) is 6.50. The largest absolute Gasteiger partial charge is 0.493 e. The molecule has 30 heavy (non-hydrogen) atoms. The molecule has 3 rings (SSSR count). The summed E-state index contributed by atoms with van der Waals surface area (Å²) in [6, 6.07) is 16.3. The molecule has 0 saturated carbocycles. The van der Waals surface area contributed by atoms with Gasteiger partial charge in [-0.05, 0) is 30.7 Å². The Labute approximate surface area is 175 Å². The Hall–Kier alpha value is -3.61. The van der Waals surface area contributed by atoms with E-state index in [9.17, 15) is 9.59 Å². The molecule has 156 valence electrons. The van der Waals surface area contributed by atoms with E-state index >= 15 is 0 Å². The summed E-state index contributed by atoms with van der Waals surface area (Å²) in [5, 5.41) is 4.61. The number of aromatic nitrogens is 2. The first-order chi connectivity index (χ1) is 14.6. The molecule has 0 spiro atoms. The number of hydrogen-bond donors (Lipinski definition) is 0. The molecule has 0 unspecified atom stereocenters. The summed E-state index contributed by atoms with van der Waals surface area (Å²) in [6.45, 7) is 2.61. The number of carbonyl (C=O) groups excluding carboxylic acids is 2. The summed E-state index contributed by atoms with van der Waals surface area (Å²) in [6.07, 6.45) is 1.88. The minimum Gasteiger partial charge on any atom is -0.493 e. The fourth-order valence-corrected chi connectivity index (χ4v) is 3.06. The zero-order valence-electron chi connectivity index (χ0n) is 17.3. The Morgan fingerprint density at radius 1 is 0.933 bits per heavy atom. The molecule has 0 amide bonds. The summed E-state index contributed by atoms with van der Waals surface area (Å²) in [5.74, 6) is -0.802. The van der Waals surface area contributed by atoms with Crippen LogP contribution in [0.25, 0.3) is 16.9 Å². The average Bonchev–Trinajstić information content (AvgIpc) is 3.19. The van der Waals surface area contributed by atoms with Gasteiger partial charge < -0.3 is 14.2 Å². The summed E-state index contributed by atoms with van der Waals surface area (Å²) in [5.41, 5.74) is 1.51. The van der Waals surface area contributed by atoms with Crippen molar-refractivity contribution < 1.29 is 23.8 Å². The topological polar surface area (TPSA) is 79.7 Å². The predicted octanol–water partition coefficient (Wildman–Crippen LogP) is 4.29. The number of rotatable bonds is 8. The van der Waals surface area contributed by atoms with Gasteiger partial charge in [0.1, 0.15) is 17.0 Å². The zero-order valence-corrected chi connectivity index (χ0v) is 17.3. The van der Waals surface area contributed by atoms with Crippen molar-refractivity contribution >= 4 is 11.9 Å². The van der Waals surface area contributed by atoms with E-state index in [2.05, 4.69) is 12.0 Å². The smallest absolute Gasteiger partial charge is 0.357 e. The summed E-state index contributed by atoms with van der Waals surface area (Å²) < 4.78 is 17.3. The number of methoxy groups -OCH3 is 2. The van der Waals surface area contributed by atoms with Crippen LogP contribution in [-0.2, 0) is 9.47 Å². The number of esters is 2. The second kappa shape index (κ2) is 9.73. The van der Waals surface area contributed by atoms with Crippen molar-refractivity contribution in [1.29, 1.82) is 0 Å². The molecule has 0 radical (unpaired) electrons. The molecule has 0 N–H and O–H groups in total. The maximum absolute atomic E-state index is 12.7. The molecule has 2 aromatic carbocycles. The summed E-state index contributed by atoms with van der Waals surface area (Å²) in [7, 11) is 2.52. The Morgan fingerprint density at radius 3 is 2.27 bits per heavy atom. The number of unbranched alkanes of at least 4 members (excludes halogenated alkanes) is 1. The van der Waals surface area contributed by atoms with E-state index < -0.39 is 11.9 Å². The third kappa shape index (κ3) is 4.20. The van der Waals surface area contributed by atoms with E-state index in [1.807, 2.05) is 36.4 Å². The molecule has 0 aliphatic carbocycles. The molecule has 0 bridgehead atoms. The van der Waals surface area contributed by atoms with Crippen molar-refractivity contribution in [3.05, 3.63) is 65.9 Å². The molecule has 7 nitrogen and oxygen atoms in total. The van der Waals surface area contributed by atoms with E-state index in [1.165, 1.54) is 18.9 Å². The SMILES string of the molecule is CCCCOc1ccccc1-c1nn(-c2ccccc2)c(C(=O)OC)c1C(=O)OC. The summed E-state index contributed by atoms with van der Waals surface area (Å²) in [4.78, 5) is 25.4. The monoisotopic (exact) mass is 408 g/mol. The fourth-order valence-electron chi connectivity index (χ4n) is 3.06. The molecule has 0 fully saturated rings.